The molecule has 112 valence electrons. The lowest BCUT2D eigenvalue weighted by atomic mass is 9.81. The lowest BCUT2D eigenvalue weighted by molar-refractivity contribution is 0.0977. The first-order chi connectivity index (χ1) is 11.1. The molecule has 3 nitrogen and oxygen atoms in total. The van der Waals surface area contributed by atoms with E-state index in [1.54, 1.807) is 48.5 Å². The number of hydrogen-bond acceptors (Lipinski definition) is 3. The van der Waals surface area contributed by atoms with Gasteiger partial charge in [-0.15, -0.1) is 0 Å². The third kappa shape index (κ3) is 1.69. The minimum atomic E-state index is -0.623. The second-order valence-electron chi connectivity index (χ2n) is 5.35. The summed E-state index contributed by atoms with van der Waals surface area (Å²) < 4.78 is 19.9. The monoisotopic (exact) mass is 306 g/mol. The van der Waals surface area contributed by atoms with Crippen molar-refractivity contribution >= 4 is 22.3 Å². The van der Waals surface area contributed by atoms with Crippen molar-refractivity contribution in [1.82, 2.24) is 0 Å². The van der Waals surface area contributed by atoms with Gasteiger partial charge in [0.05, 0.1) is 12.7 Å². The van der Waals surface area contributed by atoms with E-state index in [0.29, 0.717) is 10.9 Å². The predicted octanol–water partition coefficient (Wildman–Crippen LogP) is 3.76. The van der Waals surface area contributed by atoms with E-state index in [-0.39, 0.29) is 33.6 Å². The fourth-order valence-corrected chi connectivity index (χ4v) is 3.17. The van der Waals surface area contributed by atoms with Gasteiger partial charge in [-0.05, 0) is 5.39 Å². The van der Waals surface area contributed by atoms with Crippen LogP contribution in [-0.4, -0.2) is 18.7 Å². The molecule has 0 unspecified atom stereocenters. The second-order valence-corrected chi connectivity index (χ2v) is 5.35. The summed E-state index contributed by atoms with van der Waals surface area (Å²) in [5.74, 6) is -1.48. The molecule has 0 N–H and O–H groups in total. The van der Waals surface area contributed by atoms with Crippen molar-refractivity contribution in [3.63, 3.8) is 0 Å². The number of ketones is 2. The van der Waals surface area contributed by atoms with Crippen molar-refractivity contribution < 1.29 is 18.7 Å². The van der Waals surface area contributed by atoms with Crippen LogP contribution in [0.4, 0.5) is 4.39 Å². The Bertz CT molecular complexity index is 1000. The maximum absolute atomic E-state index is 14.7. The lowest BCUT2D eigenvalue weighted by Crippen LogP contribution is -2.22. The van der Waals surface area contributed by atoms with Gasteiger partial charge in [0, 0.05) is 22.1 Å². The summed E-state index contributed by atoms with van der Waals surface area (Å²) in [4.78, 5) is 25.7. The lowest BCUT2D eigenvalue weighted by Gasteiger charge is -2.22. The van der Waals surface area contributed by atoms with E-state index in [4.69, 9.17) is 4.74 Å². The summed E-state index contributed by atoms with van der Waals surface area (Å²) in [7, 11) is 1.30. The first-order valence-electron chi connectivity index (χ1n) is 7.11. The molecule has 0 bridgehead atoms. The molecule has 1 aliphatic rings. The molecule has 3 aromatic carbocycles. The summed E-state index contributed by atoms with van der Waals surface area (Å²) in [5.41, 5.74) is 0.830. The average Bonchev–Trinajstić information content (AvgIpc) is 2.59. The smallest absolute Gasteiger partial charge is 0.198 e. The Morgan fingerprint density at radius 3 is 1.91 bits per heavy atom. The van der Waals surface area contributed by atoms with E-state index in [0.717, 1.165) is 0 Å². The Labute approximate surface area is 131 Å². The van der Waals surface area contributed by atoms with Gasteiger partial charge in [-0.3, -0.25) is 9.59 Å². The molecule has 4 heteroatoms. The van der Waals surface area contributed by atoms with Crippen molar-refractivity contribution in [3.05, 3.63) is 76.6 Å². The molecule has 0 aromatic heterocycles. The van der Waals surface area contributed by atoms with E-state index < -0.39 is 11.6 Å². The molecule has 4 rings (SSSR count). The fourth-order valence-electron chi connectivity index (χ4n) is 3.17. The zero-order valence-corrected chi connectivity index (χ0v) is 12.2. The predicted molar refractivity (Wildman–Crippen MR) is 83.8 cm³/mol. The molecular weight excluding hydrogens is 295 g/mol. The molecule has 0 fully saturated rings. The van der Waals surface area contributed by atoms with Gasteiger partial charge < -0.3 is 4.74 Å². The summed E-state index contributed by atoms with van der Waals surface area (Å²) >= 11 is 0. The molecule has 0 amide bonds. The quantitative estimate of drug-likeness (QED) is 0.538. The second kappa shape index (κ2) is 4.74. The van der Waals surface area contributed by atoms with Crippen LogP contribution in [0.5, 0.6) is 5.75 Å². The number of carbonyl (C=O) groups excluding carboxylic acids is 2. The largest absolute Gasteiger partial charge is 0.493 e. The summed E-state index contributed by atoms with van der Waals surface area (Å²) in [6.45, 7) is 0. The fraction of sp³-hybridized carbons (Fsp3) is 0.0526. The summed E-state index contributed by atoms with van der Waals surface area (Å²) in [6.07, 6.45) is 0. The zero-order chi connectivity index (χ0) is 16.1. The van der Waals surface area contributed by atoms with Crippen LogP contribution in [0.3, 0.4) is 0 Å². The van der Waals surface area contributed by atoms with E-state index in [2.05, 4.69) is 0 Å². The van der Waals surface area contributed by atoms with Gasteiger partial charge in [0.1, 0.15) is 0 Å². The van der Waals surface area contributed by atoms with Gasteiger partial charge in [-0.25, -0.2) is 4.39 Å². The summed E-state index contributed by atoms with van der Waals surface area (Å²) in [6, 6.07) is 13.2. The highest BCUT2D eigenvalue weighted by Gasteiger charge is 2.35. The maximum atomic E-state index is 14.7. The topological polar surface area (TPSA) is 43.4 Å². The third-order valence-electron chi connectivity index (χ3n) is 4.18. The van der Waals surface area contributed by atoms with Crippen molar-refractivity contribution in [2.24, 2.45) is 0 Å². The van der Waals surface area contributed by atoms with Crippen molar-refractivity contribution in [3.8, 4) is 5.75 Å². The minimum absolute atomic E-state index is 0.00685. The average molecular weight is 306 g/mol. The highest BCUT2D eigenvalue weighted by Crippen LogP contribution is 2.40. The number of ether oxygens (including phenoxy) is 1. The minimum Gasteiger partial charge on any atom is -0.493 e. The van der Waals surface area contributed by atoms with Crippen molar-refractivity contribution in [2.45, 2.75) is 0 Å². The molecule has 0 saturated carbocycles. The molecule has 23 heavy (non-hydrogen) atoms. The van der Waals surface area contributed by atoms with E-state index >= 15 is 0 Å². The number of fused-ring (bicyclic) bond motifs is 4. The van der Waals surface area contributed by atoms with Gasteiger partial charge in [-0.1, -0.05) is 48.5 Å². The Hall–Kier alpha value is -3.01. The van der Waals surface area contributed by atoms with E-state index in [1.807, 2.05) is 0 Å². The van der Waals surface area contributed by atoms with Gasteiger partial charge >= 0.3 is 0 Å². The van der Waals surface area contributed by atoms with Crippen LogP contribution >= 0.6 is 0 Å². The van der Waals surface area contributed by atoms with Crippen LogP contribution in [0.2, 0.25) is 0 Å². The third-order valence-corrected chi connectivity index (χ3v) is 4.18. The van der Waals surface area contributed by atoms with E-state index in [9.17, 15) is 14.0 Å². The number of halogens is 1. The molecule has 0 saturated heterocycles. The number of benzene rings is 3. The first kappa shape index (κ1) is 13.6. The van der Waals surface area contributed by atoms with Crippen molar-refractivity contribution in [2.75, 3.05) is 7.11 Å². The molecule has 0 radical (unpaired) electrons. The SMILES string of the molecule is COc1c2c(c3ccccc3c1F)C(=O)c1ccccc1C2=O. The highest BCUT2D eigenvalue weighted by molar-refractivity contribution is 6.33. The molecular formula is C19H11FO3. The maximum Gasteiger partial charge on any atom is 0.198 e. The van der Waals surface area contributed by atoms with Crippen LogP contribution in [0.15, 0.2) is 48.5 Å². The standard InChI is InChI=1S/C19H11FO3/c1-23-19-15-14(10-6-2-3-7-11(10)16(19)20)17(21)12-8-4-5-9-13(12)18(15)22/h2-9H,1H3. The number of methoxy groups -OCH3 is 1. The zero-order valence-electron chi connectivity index (χ0n) is 12.2. The number of rotatable bonds is 1. The molecule has 3 aromatic rings. The van der Waals surface area contributed by atoms with E-state index in [1.165, 1.54) is 7.11 Å². The number of hydrogen-bond donors (Lipinski definition) is 0. The molecule has 0 aliphatic heterocycles. The van der Waals surface area contributed by atoms with Crippen LogP contribution in [0, 0.1) is 5.82 Å². The first-order valence-corrected chi connectivity index (χ1v) is 7.11. The Kier molecular flexibility index (Phi) is 2.81. The van der Waals surface area contributed by atoms with Gasteiger partial charge in [0.25, 0.3) is 0 Å². The van der Waals surface area contributed by atoms with Crippen LogP contribution in [0.25, 0.3) is 10.8 Å². The highest BCUT2D eigenvalue weighted by atomic mass is 19.1. The van der Waals surface area contributed by atoms with Crippen LogP contribution in [-0.2, 0) is 0 Å². The normalized spacial score (nSPS) is 13.0. The van der Waals surface area contributed by atoms with Crippen LogP contribution < -0.4 is 4.74 Å². The molecule has 1 aliphatic carbocycles. The molecule has 0 heterocycles. The Morgan fingerprint density at radius 2 is 1.30 bits per heavy atom. The van der Waals surface area contributed by atoms with Crippen LogP contribution in [0.1, 0.15) is 31.8 Å². The number of carbonyl (C=O) groups is 2. The van der Waals surface area contributed by atoms with Crippen molar-refractivity contribution in [1.29, 1.82) is 0 Å². The van der Waals surface area contributed by atoms with Gasteiger partial charge in [0.15, 0.2) is 23.1 Å². The molecule has 0 spiro atoms. The van der Waals surface area contributed by atoms with Gasteiger partial charge in [-0.2, -0.15) is 0 Å². The molecule has 0 atom stereocenters. The Morgan fingerprint density at radius 1 is 0.783 bits per heavy atom. The Balaban J connectivity index is 2.22. The van der Waals surface area contributed by atoms with Gasteiger partial charge in [0.2, 0.25) is 0 Å². The summed E-state index contributed by atoms with van der Waals surface area (Å²) in [5, 5.41) is 0.692.